The van der Waals surface area contributed by atoms with Crippen LogP contribution in [-0.2, 0) is 43.1 Å². The van der Waals surface area contributed by atoms with E-state index < -0.39 is 104 Å². The van der Waals surface area contributed by atoms with Crippen molar-refractivity contribution in [2.75, 3.05) is 26.8 Å². The third-order valence-corrected chi connectivity index (χ3v) is 6.83. The van der Waals surface area contributed by atoms with Gasteiger partial charge in [-0.2, -0.15) is 0 Å². The molecule has 18 nitrogen and oxygen atoms in total. The highest BCUT2D eigenvalue weighted by molar-refractivity contribution is 5.95. The van der Waals surface area contributed by atoms with Gasteiger partial charge >= 0.3 is 23.9 Å². The molecule has 0 rings (SSSR count). The number of hydrogen-bond donors (Lipinski definition) is 9. The first kappa shape index (κ1) is 42.7. The molecule has 0 saturated carbocycles. The van der Waals surface area contributed by atoms with Crippen molar-refractivity contribution in [1.29, 1.82) is 0 Å². The minimum absolute atomic E-state index is 0.146. The fourth-order valence-electron chi connectivity index (χ4n) is 4.21. The number of esters is 1. The van der Waals surface area contributed by atoms with Crippen molar-refractivity contribution in [3.63, 3.8) is 0 Å². The van der Waals surface area contributed by atoms with E-state index in [1.807, 2.05) is 6.92 Å². The third-order valence-electron chi connectivity index (χ3n) is 6.83. The molecule has 0 aliphatic rings. The van der Waals surface area contributed by atoms with Crippen LogP contribution >= 0.6 is 0 Å². The molecule has 0 radical (unpaired) electrons. The Morgan fingerprint density at radius 1 is 0.596 bits per heavy atom. The van der Waals surface area contributed by atoms with Crippen LogP contribution in [0.4, 0.5) is 0 Å². The van der Waals surface area contributed by atoms with E-state index in [1.54, 1.807) is 0 Å². The average molecular weight is 676 g/mol. The van der Waals surface area contributed by atoms with E-state index >= 15 is 0 Å². The Bertz CT molecular complexity index is 1060. The molecule has 0 bridgehead atoms. The number of ether oxygens (including phenoxy) is 1. The molecule has 9 N–H and O–H groups in total. The summed E-state index contributed by atoms with van der Waals surface area (Å²) in [6.45, 7) is 1.52. The lowest BCUT2D eigenvalue weighted by molar-refractivity contribution is -0.145. The van der Waals surface area contributed by atoms with E-state index in [2.05, 4.69) is 26.6 Å². The predicted molar refractivity (Wildman–Crippen MR) is 164 cm³/mol. The fraction of sp³-hybridized carbons (Fsp3) is 0.724. The summed E-state index contributed by atoms with van der Waals surface area (Å²) in [5.74, 6) is -7.97. The van der Waals surface area contributed by atoms with Gasteiger partial charge in [-0.1, -0.05) is 26.2 Å². The first-order chi connectivity index (χ1) is 22.2. The van der Waals surface area contributed by atoms with Crippen LogP contribution in [0.5, 0.6) is 0 Å². The molecule has 4 atom stereocenters. The van der Waals surface area contributed by atoms with Crippen LogP contribution in [0, 0.1) is 0 Å². The third kappa shape index (κ3) is 20.4. The van der Waals surface area contributed by atoms with E-state index in [9.17, 15) is 43.5 Å². The van der Waals surface area contributed by atoms with Crippen LogP contribution in [0.15, 0.2) is 0 Å². The zero-order chi connectivity index (χ0) is 35.8. The first-order valence-electron chi connectivity index (χ1n) is 15.5. The van der Waals surface area contributed by atoms with E-state index in [0.717, 1.165) is 19.3 Å². The minimum Gasteiger partial charge on any atom is -0.481 e. The summed E-state index contributed by atoms with van der Waals surface area (Å²) < 4.78 is 4.78. The molecule has 0 saturated heterocycles. The van der Waals surface area contributed by atoms with Crippen molar-refractivity contribution in [3.05, 3.63) is 0 Å². The number of aliphatic hydroxyl groups excluding tert-OH is 1. The molecule has 0 aromatic rings. The Morgan fingerprint density at radius 2 is 1.02 bits per heavy atom. The van der Waals surface area contributed by atoms with Gasteiger partial charge in [-0.3, -0.25) is 38.4 Å². The lowest BCUT2D eigenvalue weighted by atomic mass is 10.0. The lowest BCUT2D eigenvalue weighted by Gasteiger charge is -2.26. The lowest BCUT2D eigenvalue weighted by Crippen LogP contribution is -2.58. The van der Waals surface area contributed by atoms with Gasteiger partial charge in [0, 0.05) is 32.2 Å². The summed E-state index contributed by atoms with van der Waals surface area (Å²) in [5.41, 5.74) is 0. The molecule has 268 valence electrons. The topological polar surface area (TPSA) is 287 Å². The van der Waals surface area contributed by atoms with Gasteiger partial charge in [0.1, 0.15) is 24.7 Å². The summed E-state index contributed by atoms with van der Waals surface area (Å²) in [6.07, 6.45) is 0.301. The Hall–Kier alpha value is -4.32. The number of carbonyl (C=O) groups excluding carboxylic acids is 5. The fourth-order valence-corrected chi connectivity index (χ4v) is 4.21. The highest BCUT2D eigenvalue weighted by atomic mass is 16.5. The van der Waals surface area contributed by atoms with E-state index in [1.165, 1.54) is 7.05 Å². The summed E-state index contributed by atoms with van der Waals surface area (Å²) in [6, 6.07) is -5.42. The number of carbonyl (C=O) groups is 8. The van der Waals surface area contributed by atoms with E-state index in [4.69, 9.17) is 20.1 Å². The molecule has 0 aromatic heterocycles. The number of amides is 4. The van der Waals surface area contributed by atoms with Crippen LogP contribution in [-0.4, -0.2) is 119 Å². The molecular weight excluding hydrogens is 626 g/mol. The van der Waals surface area contributed by atoms with Crippen molar-refractivity contribution < 1.29 is 63.5 Å². The predicted octanol–water partition coefficient (Wildman–Crippen LogP) is -1.36. The van der Waals surface area contributed by atoms with Crippen molar-refractivity contribution in [1.82, 2.24) is 26.6 Å². The molecule has 4 amide bonds. The van der Waals surface area contributed by atoms with Crippen molar-refractivity contribution in [2.24, 2.45) is 0 Å². The van der Waals surface area contributed by atoms with Crippen molar-refractivity contribution in [3.8, 4) is 0 Å². The quantitative estimate of drug-likeness (QED) is 0.0359. The average Bonchev–Trinajstić information content (AvgIpc) is 3.01. The van der Waals surface area contributed by atoms with Crippen LogP contribution in [0.2, 0.25) is 0 Å². The first-order valence-corrected chi connectivity index (χ1v) is 15.5. The summed E-state index contributed by atoms with van der Waals surface area (Å²) in [4.78, 5) is 98.0. The number of carboxylic acids is 3. The van der Waals surface area contributed by atoms with Gasteiger partial charge in [0.25, 0.3) is 0 Å². The number of hydrogen-bond acceptors (Lipinski definition) is 11. The van der Waals surface area contributed by atoms with E-state index in [0.29, 0.717) is 6.42 Å². The maximum atomic E-state index is 13.4. The summed E-state index contributed by atoms with van der Waals surface area (Å²) >= 11 is 0. The number of rotatable bonds is 27. The molecule has 0 spiro atoms. The van der Waals surface area contributed by atoms with Gasteiger partial charge in [0.2, 0.25) is 23.6 Å². The Balaban J connectivity index is 5.99. The van der Waals surface area contributed by atoms with Crippen LogP contribution in [0.25, 0.3) is 0 Å². The molecule has 0 aliphatic carbocycles. The number of unbranched alkanes of at least 4 members (excludes halogenated alkanes) is 3. The normalized spacial score (nSPS) is 13.3. The van der Waals surface area contributed by atoms with Crippen LogP contribution < -0.4 is 26.6 Å². The Labute approximate surface area is 272 Å². The standard InChI is InChI=1S/C29H49N5O13/c1-3-4-5-6-15-31-26(43)19(8-12-23(38)39)32-28(45)20(9-13-24(40)41)34-29(46)21(10-14-25(42)47-17-16-35)33-27(44)18(30-2)7-11-22(36)37/h18-21,30,35H,3-17H2,1-2H3,(H,31,43)(H,32,45)(H,33,44)(H,34,46)(H,36,37)(H,38,39)(H,40,41). The van der Waals surface area contributed by atoms with Crippen molar-refractivity contribution in [2.45, 2.75) is 108 Å². The zero-order valence-electron chi connectivity index (χ0n) is 26.9. The highest BCUT2D eigenvalue weighted by Crippen LogP contribution is 2.08. The van der Waals surface area contributed by atoms with Crippen LogP contribution in [0.3, 0.4) is 0 Å². The maximum absolute atomic E-state index is 13.4. The van der Waals surface area contributed by atoms with Crippen molar-refractivity contribution >= 4 is 47.5 Å². The highest BCUT2D eigenvalue weighted by Gasteiger charge is 2.31. The molecule has 18 heteroatoms. The largest absolute Gasteiger partial charge is 0.481 e. The van der Waals surface area contributed by atoms with Gasteiger partial charge in [-0.05, 0) is 39.2 Å². The van der Waals surface area contributed by atoms with Crippen LogP contribution in [0.1, 0.15) is 84.0 Å². The van der Waals surface area contributed by atoms with Gasteiger partial charge in [0.05, 0.1) is 12.6 Å². The monoisotopic (exact) mass is 675 g/mol. The summed E-state index contributed by atoms with van der Waals surface area (Å²) in [5, 5.41) is 48.6. The summed E-state index contributed by atoms with van der Waals surface area (Å²) in [7, 11) is 1.39. The van der Waals surface area contributed by atoms with Gasteiger partial charge in [-0.15, -0.1) is 0 Å². The molecule has 0 fully saturated rings. The zero-order valence-corrected chi connectivity index (χ0v) is 26.9. The van der Waals surface area contributed by atoms with Gasteiger partial charge in [-0.25, -0.2) is 0 Å². The number of aliphatic carboxylic acids is 3. The molecule has 0 heterocycles. The number of likely N-dealkylation sites (N-methyl/N-ethyl adjacent to an activating group) is 1. The maximum Gasteiger partial charge on any atom is 0.305 e. The van der Waals surface area contributed by atoms with Gasteiger partial charge in [0.15, 0.2) is 0 Å². The number of aliphatic hydroxyl groups is 1. The minimum atomic E-state index is -1.56. The second kappa shape index (κ2) is 24.9. The van der Waals surface area contributed by atoms with E-state index in [-0.39, 0.29) is 38.8 Å². The molecule has 4 unspecified atom stereocenters. The number of carboxylic acid groups (broad SMARTS) is 3. The molecule has 0 aromatic carbocycles. The SMILES string of the molecule is CCCCCCNC(=O)C(CCC(=O)O)NC(=O)C(CCC(=O)O)NC(=O)C(CCC(=O)OCCO)NC(=O)C(CCC(=O)O)NC. The molecule has 0 aliphatic heterocycles. The second-order valence-electron chi connectivity index (χ2n) is 10.7. The molecule has 47 heavy (non-hydrogen) atoms. The number of nitrogens with one attached hydrogen (secondary N) is 5. The smallest absolute Gasteiger partial charge is 0.305 e. The Morgan fingerprint density at radius 3 is 1.45 bits per heavy atom. The molecular formula is C29H49N5O13. The Kier molecular flexibility index (Phi) is 22.6. The second-order valence-corrected chi connectivity index (χ2v) is 10.7. The van der Waals surface area contributed by atoms with Gasteiger partial charge < -0.3 is 51.7 Å².